The first-order valence-electron chi connectivity index (χ1n) is 16.5. The summed E-state index contributed by atoms with van der Waals surface area (Å²) >= 11 is 0. The minimum atomic E-state index is -0.679. The van der Waals surface area contributed by atoms with Gasteiger partial charge in [-0.3, -0.25) is 14.5 Å². The van der Waals surface area contributed by atoms with Crippen molar-refractivity contribution in [2.45, 2.75) is 159 Å². The van der Waals surface area contributed by atoms with Crippen molar-refractivity contribution in [2.24, 2.45) is 28.6 Å². The van der Waals surface area contributed by atoms with E-state index in [1.807, 2.05) is 13.8 Å². The van der Waals surface area contributed by atoms with Crippen LogP contribution in [0, 0.1) is 28.6 Å². The fraction of sp³-hybridized carbons (Fsp3) is 0.912. The molecule has 0 radical (unpaired) electrons. The van der Waals surface area contributed by atoms with E-state index in [4.69, 9.17) is 0 Å². The van der Waals surface area contributed by atoms with Crippen molar-refractivity contribution in [2.75, 3.05) is 13.1 Å². The second-order valence-corrected chi connectivity index (χ2v) is 14.1. The average Bonchev–Trinajstić information content (AvgIpc) is 2.91. The summed E-state index contributed by atoms with van der Waals surface area (Å²) in [7, 11) is 0.199. The predicted molar refractivity (Wildman–Crippen MR) is 174 cm³/mol. The number of hydrogen-bond acceptors (Lipinski definition) is 5. The van der Waals surface area contributed by atoms with Gasteiger partial charge in [-0.05, 0) is 90.0 Å². The molecular formula is C34H67BN2O3. The number of nitrogens with zero attached hydrogens (tertiary/aromatic N) is 1. The highest BCUT2D eigenvalue weighted by Crippen LogP contribution is 2.44. The van der Waals surface area contributed by atoms with E-state index < -0.39 is 11.0 Å². The molecule has 0 aliphatic rings. The van der Waals surface area contributed by atoms with Gasteiger partial charge in [0.05, 0.1) is 5.54 Å². The molecule has 0 aromatic heterocycles. The van der Waals surface area contributed by atoms with Gasteiger partial charge < -0.3 is 10.0 Å². The lowest BCUT2D eigenvalue weighted by Gasteiger charge is -2.54. The van der Waals surface area contributed by atoms with Gasteiger partial charge >= 0.3 is 0 Å². The van der Waals surface area contributed by atoms with Crippen LogP contribution in [-0.2, 0) is 14.4 Å². The van der Waals surface area contributed by atoms with Crippen LogP contribution >= 0.6 is 0 Å². The van der Waals surface area contributed by atoms with Crippen molar-refractivity contribution < 1.29 is 14.4 Å². The number of Topliss-reactive ketones (excluding diaryl/α,β-unsaturated/α-hetero) is 2. The van der Waals surface area contributed by atoms with Crippen LogP contribution in [0.1, 0.15) is 148 Å². The van der Waals surface area contributed by atoms with Crippen molar-refractivity contribution in [1.29, 1.82) is 0 Å². The Balaban J connectivity index is 5.87. The Morgan fingerprint density at radius 1 is 0.800 bits per heavy atom. The highest BCUT2D eigenvalue weighted by molar-refractivity contribution is 6.73. The number of rotatable bonds is 22. The lowest BCUT2D eigenvalue weighted by molar-refractivity contribution is -0.132. The van der Waals surface area contributed by atoms with E-state index in [9.17, 15) is 14.4 Å². The number of carbonyl (C=O) groups is 3. The van der Waals surface area contributed by atoms with Crippen LogP contribution in [0.3, 0.4) is 0 Å². The Morgan fingerprint density at radius 3 is 1.70 bits per heavy atom. The van der Waals surface area contributed by atoms with Crippen LogP contribution in [0.2, 0.25) is 0 Å². The number of carbonyl (C=O) groups excluding carboxylic acids is 3. The number of hydrogen-bond donors (Lipinski definition) is 1. The summed E-state index contributed by atoms with van der Waals surface area (Å²) < 4.78 is 0. The summed E-state index contributed by atoms with van der Waals surface area (Å²) in [5.41, 5.74) is -1.36. The molecule has 0 heterocycles. The highest BCUT2D eigenvalue weighted by Gasteiger charge is 2.51. The molecule has 0 saturated carbocycles. The summed E-state index contributed by atoms with van der Waals surface area (Å²) in [5.74, 6) is 1.32. The quantitative estimate of drug-likeness (QED) is 0.138. The van der Waals surface area contributed by atoms with Crippen LogP contribution in [0.15, 0.2) is 0 Å². The summed E-state index contributed by atoms with van der Waals surface area (Å²) in [6.45, 7) is 31.6. The summed E-state index contributed by atoms with van der Waals surface area (Å²) in [4.78, 5) is 41.9. The van der Waals surface area contributed by atoms with E-state index in [2.05, 4.69) is 86.3 Å². The molecule has 5 atom stereocenters. The molecule has 0 aliphatic heterocycles. The highest BCUT2D eigenvalue weighted by atomic mass is 16.1. The summed E-state index contributed by atoms with van der Waals surface area (Å²) in [6, 6.07) is 0. The summed E-state index contributed by atoms with van der Waals surface area (Å²) in [6.07, 6.45) is 7.04. The second kappa shape index (κ2) is 16.6. The van der Waals surface area contributed by atoms with Gasteiger partial charge in [0.15, 0.2) is 0 Å². The number of nitrogens with one attached hydrogen (secondary N) is 1. The average molecular weight is 563 g/mol. The first kappa shape index (κ1) is 39.0. The molecule has 6 heteroatoms. The smallest absolute Gasteiger partial charge is 0.284 e. The standard InChI is InChI=1S/C34H67BN2O3/c1-15-27(16-2)29(39)28(17-3)22-25(8)23-31(10,11)24-37(21-7)34(14,20-6)32(12,18-4)30(40)35-36-33(13,19-5)26(9)38/h25,27-28,35-36H,15-24H2,1-14H3. The van der Waals surface area contributed by atoms with Crippen LogP contribution in [0.5, 0.6) is 0 Å². The first-order chi connectivity index (χ1) is 18.4. The van der Waals surface area contributed by atoms with Gasteiger partial charge in [-0.15, -0.1) is 0 Å². The monoisotopic (exact) mass is 563 g/mol. The zero-order valence-electron chi connectivity index (χ0n) is 29.2. The van der Waals surface area contributed by atoms with Gasteiger partial charge in [0.1, 0.15) is 17.2 Å². The minimum Gasteiger partial charge on any atom is -0.341 e. The first-order valence-corrected chi connectivity index (χ1v) is 16.5. The Labute approximate surface area is 250 Å². The molecule has 40 heavy (non-hydrogen) atoms. The maximum Gasteiger partial charge on any atom is 0.284 e. The molecule has 0 fully saturated rings. The topological polar surface area (TPSA) is 66.5 Å². The van der Waals surface area contributed by atoms with Gasteiger partial charge in [-0.2, -0.15) is 0 Å². The Kier molecular flexibility index (Phi) is 16.2. The fourth-order valence-corrected chi connectivity index (χ4v) is 7.05. The maximum atomic E-state index is 13.9. The SMILES string of the molecule is CCC(CC)C(=O)C(CC)CC(C)CC(C)(C)CN(CC)C(C)(CC)C(C)(CC)C(=O)BNC(C)(CC)C(C)=O. The lowest BCUT2D eigenvalue weighted by Crippen LogP contribution is -2.64. The van der Waals surface area contributed by atoms with Crippen molar-refractivity contribution in [3.05, 3.63) is 0 Å². The van der Waals surface area contributed by atoms with Gasteiger partial charge in [0.25, 0.3) is 7.41 Å². The molecule has 0 aliphatic carbocycles. The largest absolute Gasteiger partial charge is 0.341 e. The van der Waals surface area contributed by atoms with E-state index >= 15 is 0 Å². The third-order valence-corrected chi connectivity index (χ3v) is 10.9. The molecule has 234 valence electrons. The Hall–Kier alpha value is -1.01. The third kappa shape index (κ3) is 9.51. The van der Waals surface area contributed by atoms with E-state index in [1.165, 1.54) is 0 Å². The second-order valence-electron chi connectivity index (χ2n) is 14.1. The molecule has 0 rings (SSSR count). The lowest BCUT2D eigenvalue weighted by atomic mass is 9.56. The van der Waals surface area contributed by atoms with E-state index in [0.717, 1.165) is 58.0 Å². The zero-order valence-corrected chi connectivity index (χ0v) is 29.2. The molecule has 1 N–H and O–H groups in total. The van der Waals surface area contributed by atoms with Crippen molar-refractivity contribution in [3.8, 4) is 0 Å². The molecule has 0 aromatic rings. The van der Waals surface area contributed by atoms with Gasteiger partial charge in [-0.1, -0.05) is 76.2 Å². The van der Waals surface area contributed by atoms with Gasteiger partial charge in [0.2, 0.25) is 0 Å². The molecule has 0 amide bonds. The van der Waals surface area contributed by atoms with Crippen LogP contribution in [0.25, 0.3) is 0 Å². The van der Waals surface area contributed by atoms with Crippen LogP contribution in [0.4, 0.5) is 0 Å². The van der Waals surface area contributed by atoms with Gasteiger partial charge in [0, 0.05) is 29.3 Å². The Bertz CT molecular complexity index is 811. The molecule has 0 spiro atoms. The van der Waals surface area contributed by atoms with Crippen molar-refractivity contribution in [1.82, 2.24) is 10.1 Å². The maximum absolute atomic E-state index is 13.9. The summed E-state index contributed by atoms with van der Waals surface area (Å²) in [5, 5.41) is 3.32. The molecule has 0 aromatic carbocycles. The normalized spacial score (nSPS) is 18.5. The molecule has 5 nitrogen and oxygen atoms in total. The van der Waals surface area contributed by atoms with Crippen molar-refractivity contribution in [3.63, 3.8) is 0 Å². The van der Waals surface area contributed by atoms with Gasteiger partial charge in [-0.25, -0.2) is 0 Å². The minimum absolute atomic E-state index is 0.0352. The molecule has 5 unspecified atom stereocenters. The molecule has 0 saturated heterocycles. The van der Waals surface area contributed by atoms with Crippen molar-refractivity contribution >= 4 is 24.7 Å². The number of ketones is 2. The predicted octanol–water partition coefficient (Wildman–Crippen LogP) is 7.59. The van der Waals surface area contributed by atoms with Crippen LogP contribution in [-0.4, -0.2) is 53.7 Å². The van der Waals surface area contributed by atoms with E-state index in [0.29, 0.717) is 18.1 Å². The van der Waals surface area contributed by atoms with Crippen LogP contribution < -0.4 is 5.23 Å². The van der Waals surface area contributed by atoms with E-state index in [-0.39, 0.29) is 41.7 Å². The van der Waals surface area contributed by atoms with E-state index in [1.54, 1.807) is 6.92 Å². The molecular weight excluding hydrogens is 495 g/mol. The fourth-order valence-electron chi connectivity index (χ4n) is 7.05. The third-order valence-electron chi connectivity index (χ3n) is 10.9. The zero-order chi connectivity index (χ0) is 31.5. The molecule has 0 bridgehead atoms. The Morgan fingerprint density at radius 2 is 1.32 bits per heavy atom.